The summed E-state index contributed by atoms with van der Waals surface area (Å²) in [5.74, 6) is -0.444. The van der Waals surface area contributed by atoms with Gasteiger partial charge in [0.1, 0.15) is 5.82 Å². The predicted molar refractivity (Wildman–Crippen MR) is 78.7 cm³/mol. The van der Waals surface area contributed by atoms with E-state index in [9.17, 15) is 9.18 Å². The summed E-state index contributed by atoms with van der Waals surface area (Å²) in [5.41, 5.74) is 2.25. The van der Waals surface area contributed by atoms with Crippen LogP contribution in [0.25, 0.3) is 10.8 Å². The van der Waals surface area contributed by atoms with E-state index in [1.54, 1.807) is 11.1 Å². The molecule has 1 aromatic heterocycles. The molecule has 4 heteroatoms. The Morgan fingerprint density at radius 3 is 2.71 bits per heavy atom. The van der Waals surface area contributed by atoms with Crippen LogP contribution in [0.3, 0.4) is 0 Å². The van der Waals surface area contributed by atoms with Crippen LogP contribution in [-0.2, 0) is 6.54 Å². The van der Waals surface area contributed by atoms with E-state index in [4.69, 9.17) is 0 Å². The Labute approximate surface area is 120 Å². The molecule has 21 heavy (non-hydrogen) atoms. The Morgan fingerprint density at radius 1 is 1.10 bits per heavy atom. The number of nitrogens with zero attached hydrogens (tertiary/aromatic N) is 2. The van der Waals surface area contributed by atoms with Gasteiger partial charge < -0.3 is 4.90 Å². The van der Waals surface area contributed by atoms with Gasteiger partial charge in [-0.15, -0.1) is 0 Å². The zero-order valence-electron chi connectivity index (χ0n) is 11.1. The third-order valence-electron chi connectivity index (χ3n) is 3.75. The highest BCUT2D eigenvalue weighted by Gasteiger charge is 2.29. The zero-order chi connectivity index (χ0) is 14.4. The van der Waals surface area contributed by atoms with Gasteiger partial charge in [0.2, 0.25) is 0 Å². The second-order valence-electron chi connectivity index (χ2n) is 5.08. The third kappa shape index (κ3) is 1.80. The Morgan fingerprint density at radius 2 is 1.90 bits per heavy atom. The van der Waals surface area contributed by atoms with Crippen molar-refractivity contribution >= 4 is 22.4 Å². The molecule has 0 radical (unpaired) electrons. The molecule has 0 bridgehead atoms. The van der Waals surface area contributed by atoms with Crippen molar-refractivity contribution in [3.63, 3.8) is 0 Å². The van der Waals surface area contributed by atoms with Gasteiger partial charge in [-0.25, -0.2) is 4.39 Å². The molecule has 102 valence electrons. The third-order valence-corrected chi connectivity index (χ3v) is 3.75. The molecule has 1 amide bonds. The number of rotatable bonds is 2. The molecule has 2 aromatic carbocycles. The quantitative estimate of drug-likeness (QED) is 0.718. The summed E-state index contributed by atoms with van der Waals surface area (Å²) in [6, 6.07) is 12.9. The summed E-state index contributed by atoms with van der Waals surface area (Å²) in [6.45, 7) is 0.317. The summed E-state index contributed by atoms with van der Waals surface area (Å²) in [6.07, 6.45) is 2.74. The molecular weight excluding hydrogens is 267 g/mol. The fourth-order valence-corrected chi connectivity index (χ4v) is 2.86. The highest BCUT2D eigenvalue weighted by atomic mass is 19.1. The molecule has 0 atom stereocenters. The van der Waals surface area contributed by atoms with Gasteiger partial charge in [0.25, 0.3) is 5.91 Å². The number of aromatic nitrogens is 1. The van der Waals surface area contributed by atoms with E-state index in [0.29, 0.717) is 17.7 Å². The van der Waals surface area contributed by atoms with Crippen LogP contribution >= 0.6 is 0 Å². The van der Waals surface area contributed by atoms with Gasteiger partial charge in [0.05, 0.1) is 18.4 Å². The molecule has 3 nitrogen and oxygen atoms in total. The lowest BCUT2D eigenvalue weighted by molar-refractivity contribution is 0.0991. The van der Waals surface area contributed by atoms with E-state index < -0.39 is 5.82 Å². The number of carbonyl (C=O) groups excluding carboxylic acids is 1. The first-order valence-corrected chi connectivity index (χ1v) is 6.67. The Kier molecular flexibility index (Phi) is 2.51. The predicted octanol–water partition coefficient (Wildman–Crippen LogP) is 3.53. The zero-order valence-corrected chi connectivity index (χ0v) is 11.1. The van der Waals surface area contributed by atoms with Crippen molar-refractivity contribution in [2.24, 2.45) is 0 Å². The molecule has 0 saturated carbocycles. The highest BCUT2D eigenvalue weighted by Crippen LogP contribution is 2.37. The monoisotopic (exact) mass is 278 g/mol. The van der Waals surface area contributed by atoms with Crippen LogP contribution in [0.1, 0.15) is 15.9 Å². The number of hydrogen-bond acceptors (Lipinski definition) is 2. The maximum atomic E-state index is 13.3. The van der Waals surface area contributed by atoms with Gasteiger partial charge in [-0.3, -0.25) is 9.78 Å². The average Bonchev–Trinajstić information content (AvgIpc) is 2.76. The van der Waals surface area contributed by atoms with Crippen molar-refractivity contribution in [2.45, 2.75) is 6.54 Å². The first kappa shape index (κ1) is 12.0. The summed E-state index contributed by atoms with van der Waals surface area (Å²) in [7, 11) is 0. The van der Waals surface area contributed by atoms with Gasteiger partial charge in [0.15, 0.2) is 0 Å². The number of pyridine rings is 1. The highest BCUT2D eigenvalue weighted by molar-refractivity contribution is 6.24. The van der Waals surface area contributed by atoms with Gasteiger partial charge >= 0.3 is 0 Å². The fraction of sp³-hybridized carbons (Fsp3) is 0.0588. The number of amides is 1. The number of anilines is 1. The standard InChI is InChI=1S/C17H11FN2O/c18-13-7-11(8-19-9-13)10-20-15-6-2-4-12-3-1-5-14(16(12)15)17(20)21/h1-9H,10H2. The summed E-state index contributed by atoms with van der Waals surface area (Å²) >= 11 is 0. The molecule has 0 aliphatic carbocycles. The number of carbonyl (C=O) groups is 1. The van der Waals surface area contributed by atoms with Crippen molar-refractivity contribution in [1.29, 1.82) is 0 Å². The SMILES string of the molecule is O=C1c2cccc3cccc(c23)N1Cc1cncc(F)c1. The molecule has 0 fully saturated rings. The minimum absolute atomic E-state index is 0.0499. The van der Waals surface area contributed by atoms with Crippen LogP contribution in [0.4, 0.5) is 10.1 Å². The van der Waals surface area contributed by atoms with E-state index >= 15 is 0 Å². The molecule has 2 heterocycles. The molecule has 0 saturated heterocycles. The van der Waals surface area contributed by atoms with E-state index in [1.807, 2.05) is 36.4 Å². The number of halogens is 1. The van der Waals surface area contributed by atoms with Crippen LogP contribution in [0, 0.1) is 5.82 Å². The van der Waals surface area contributed by atoms with Gasteiger partial charge in [-0.1, -0.05) is 24.3 Å². The molecule has 4 rings (SSSR count). The smallest absolute Gasteiger partial charge is 0.259 e. The Hall–Kier alpha value is -2.75. The van der Waals surface area contributed by atoms with Crippen LogP contribution in [0.15, 0.2) is 54.9 Å². The van der Waals surface area contributed by atoms with Crippen molar-refractivity contribution in [1.82, 2.24) is 4.98 Å². The maximum Gasteiger partial charge on any atom is 0.259 e. The summed E-state index contributed by atoms with van der Waals surface area (Å²) in [5, 5.41) is 2.01. The first-order chi connectivity index (χ1) is 10.2. The molecule has 3 aromatic rings. The second-order valence-corrected chi connectivity index (χ2v) is 5.08. The van der Waals surface area contributed by atoms with E-state index in [0.717, 1.165) is 22.7 Å². The molecule has 1 aliphatic rings. The maximum absolute atomic E-state index is 13.3. The van der Waals surface area contributed by atoms with E-state index in [1.165, 1.54) is 6.07 Å². The van der Waals surface area contributed by atoms with Crippen molar-refractivity contribution < 1.29 is 9.18 Å². The van der Waals surface area contributed by atoms with E-state index in [-0.39, 0.29) is 5.91 Å². The number of benzene rings is 2. The molecular formula is C17H11FN2O. The molecule has 0 unspecified atom stereocenters. The lowest BCUT2D eigenvalue weighted by Gasteiger charge is -2.17. The lowest BCUT2D eigenvalue weighted by Crippen LogP contribution is -2.26. The summed E-state index contributed by atoms with van der Waals surface area (Å²) < 4.78 is 13.3. The minimum Gasteiger partial charge on any atom is -0.303 e. The Balaban J connectivity index is 1.82. The van der Waals surface area contributed by atoms with Gasteiger partial charge in [0, 0.05) is 17.1 Å². The largest absolute Gasteiger partial charge is 0.303 e. The first-order valence-electron chi connectivity index (χ1n) is 6.67. The minimum atomic E-state index is -0.394. The molecule has 0 spiro atoms. The van der Waals surface area contributed by atoms with Crippen LogP contribution < -0.4 is 4.90 Å². The second kappa shape index (κ2) is 4.38. The van der Waals surface area contributed by atoms with Crippen LogP contribution in [0.5, 0.6) is 0 Å². The molecule has 0 N–H and O–H groups in total. The van der Waals surface area contributed by atoms with Gasteiger partial charge in [-0.05, 0) is 29.1 Å². The van der Waals surface area contributed by atoms with Gasteiger partial charge in [-0.2, -0.15) is 0 Å². The van der Waals surface area contributed by atoms with Crippen LogP contribution in [0.2, 0.25) is 0 Å². The number of hydrogen-bond donors (Lipinski definition) is 0. The van der Waals surface area contributed by atoms with Crippen molar-refractivity contribution in [3.8, 4) is 0 Å². The fourth-order valence-electron chi connectivity index (χ4n) is 2.86. The molecule has 1 aliphatic heterocycles. The topological polar surface area (TPSA) is 33.2 Å². The van der Waals surface area contributed by atoms with Crippen molar-refractivity contribution in [2.75, 3.05) is 4.90 Å². The van der Waals surface area contributed by atoms with E-state index in [2.05, 4.69) is 4.98 Å². The summed E-state index contributed by atoms with van der Waals surface area (Å²) in [4.78, 5) is 18.1. The average molecular weight is 278 g/mol. The van der Waals surface area contributed by atoms with Crippen LogP contribution in [-0.4, -0.2) is 10.9 Å². The normalized spacial score (nSPS) is 13.2. The lowest BCUT2D eigenvalue weighted by atomic mass is 10.1. The Bertz CT molecular complexity index is 870. The van der Waals surface area contributed by atoms with Crippen molar-refractivity contribution in [3.05, 3.63) is 71.8 Å².